The van der Waals surface area contributed by atoms with E-state index in [4.69, 9.17) is 0 Å². The lowest BCUT2D eigenvalue weighted by molar-refractivity contribution is 1.14. The maximum Gasteiger partial charge on any atom is 0.0745 e. The van der Waals surface area contributed by atoms with Crippen LogP contribution >= 0.6 is 0 Å². The van der Waals surface area contributed by atoms with Gasteiger partial charge in [0.2, 0.25) is 0 Å². The summed E-state index contributed by atoms with van der Waals surface area (Å²) in [5.74, 6) is 0. The number of rotatable bonds is 2. The summed E-state index contributed by atoms with van der Waals surface area (Å²) in [4.78, 5) is 4.95. The van der Waals surface area contributed by atoms with Crippen molar-refractivity contribution in [3.05, 3.63) is 139 Å². The molecule has 0 aromatic heterocycles. The van der Waals surface area contributed by atoms with Gasteiger partial charge in [-0.05, 0) is 70.1 Å². The van der Waals surface area contributed by atoms with Crippen molar-refractivity contribution in [3.8, 4) is 0 Å². The van der Waals surface area contributed by atoms with Crippen molar-refractivity contribution in [3.63, 3.8) is 0 Å². The Bertz CT molecular complexity index is 1860. The predicted octanol–water partition coefficient (Wildman–Crippen LogP) is 9.82. The zero-order valence-corrected chi connectivity index (χ0v) is 20.3. The van der Waals surface area contributed by atoms with Crippen molar-refractivity contribution in [2.24, 2.45) is 0 Å². The number of para-hydroxylation sites is 3. The lowest BCUT2D eigenvalue weighted by Crippen LogP contribution is -2.25. The maximum atomic E-state index is 2.48. The number of hydrogen-bond donors (Lipinski definition) is 0. The molecular weight excluding hydrogens is 448 g/mol. The smallest absolute Gasteiger partial charge is 0.0745 e. The lowest BCUT2D eigenvalue weighted by Gasteiger charge is -2.42. The summed E-state index contributed by atoms with van der Waals surface area (Å²) in [7, 11) is 0. The first-order valence-corrected chi connectivity index (χ1v) is 12.9. The second kappa shape index (κ2) is 7.84. The number of hydrogen-bond acceptors (Lipinski definition) is 2. The van der Waals surface area contributed by atoms with Crippen LogP contribution in [0.3, 0.4) is 0 Å². The highest BCUT2D eigenvalue weighted by Crippen LogP contribution is 2.58. The molecule has 0 unspecified atom stereocenters. The Balaban J connectivity index is 1.54. The topological polar surface area (TPSA) is 6.48 Å². The SMILES string of the molecule is C1=Cc2cccc3cc4c(c(c23)C1)N(c1ccccc1)c1ccccc1N4c1cccc2ccccc12. The van der Waals surface area contributed by atoms with Gasteiger partial charge in [-0.15, -0.1) is 0 Å². The Morgan fingerprint density at radius 3 is 2.08 bits per heavy atom. The molecule has 2 heteroatoms. The van der Waals surface area contributed by atoms with Crippen molar-refractivity contribution in [2.75, 3.05) is 9.80 Å². The van der Waals surface area contributed by atoms with E-state index in [9.17, 15) is 0 Å². The minimum atomic E-state index is 0.908. The van der Waals surface area contributed by atoms with Crippen LogP contribution in [0.15, 0.2) is 127 Å². The molecule has 37 heavy (non-hydrogen) atoms. The Kier molecular flexibility index (Phi) is 4.32. The van der Waals surface area contributed by atoms with E-state index in [-0.39, 0.29) is 0 Å². The molecule has 174 valence electrons. The van der Waals surface area contributed by atoms with Crippen molar-refractivity contribution in [1.82, 2.24) is 0 Å². The van der Waals surface area contributed by atoms with Gasteiger partial charge >= 0.3 is 0 Å². The number of fused-ring (bicyclic) bond motifs is 4. The van der Waals surface area contributed by atoms with Gasteiger partial charge < -0.3 is 9.80 Å². The summed E-state index contributed by atoms with van der Waals surface area (Å²) in [6, 6.07) is 44.0. The molecule has 2 aliphatic rings. The van der Waals surface area contributed by atoms with Gasteiger partial charge in [0.1, 0.15) is 0 Å². The van der Waals surface area contributed by atoms with Gasteiger partial charge in [0.25, 0.3) is 0 Å². The summed E-state index contributed by atoms with van der Waals surface area (Å²) in [6.45, 7) is 0. The molecule has 6 aromatic rings. The van der Waals surface area contributed by atoms with Crippen molar-refractivity contribution in [1.29, 1.82) is 0 Å². The minimum absolute atomic E-state index is 0.908. The van der Waals surface area contributed by atoms with Gasteiger partial charge in [-0.25, -0.2) is 0 Å². The van der Waals surface area contributed by atoms with Gasteiger partial charge in [0.15, 0.2) is 0 Å². The Morgan fingerprint density at radius 1 is 0.514 bits per heavy atom. The first-order valence-electron chi connectivity index (χ1n) is 12.9. The van der Waals surface area contributed by atoms with E-state index in [0.717, 1.165) is 6.42 Å². The second-order valence-electron chi connectivity index (χ2n) is 9.77. The van der Waals surface area contributed by atoms with Crippen LogP contribution in [0.2, 0.25) is 0 Å². The minimum Gasteiger partial charge on any atom is -0.306 e. The van der Waals surface area contributed by atoms with Crippen LogP contribution in [0.25, 0.3) is 27.6 Å². The molecule has 0 atom stereocenters. The summed E-state index contributed by atoms with van der Waals surface area (Å²) < 4.78 is 0. The molecule has 0 fully saturated rings. The lowest BCUT2D eigenvalue weighted by atomic mass is 9.88. The predicted molar refractivity (Wildman–Crippen MR) is 157 cm³/mol. The first kappa shape index (κ1) is 20.4. The molecule has 0 radical (unpaired) electrons. The Morgan fingerprint density at radius 2 is 1.19 bits per heavy atom. The van der Waals surface area contributed by atoms with Crippen molar-refractivity contribution >= 4 is 61.7 Å². The van der Waals surface area contributed by atoms with Crippen molar-refractivity contribution < 1.29 is 0 Å². The summed E-state index contributed by atoms with van der Waals surface area (Å²) in [5, 5.41) is 5.15. The Hall–Kier alpha value is -4.82. The maximum absolute atomic E-state index is 2.48. The molecule has 1 aliphatic heterocycles. The molecule has 0 N–H and O–H groups in total. The summed E-state index contributed by atoms with van der Waals surface area (Å²) in [6.07, 6.45) is 5.49. The van der Waals surface area contributed by atoms with E-state index in [1.165, 1.54) is 66.8 Å². The third kappa shape index (κ3) is 2.93. The third-order valence-corrected chi connectivity index (χ3v) is 7.72. The molecule has 2 nitrogen and oxygen atoms in total. The monoisotopic (exact) mass is 472 g/mol. The third-order valence-electron chi connectivity index (χ3n) is 7.72. The van der Waals surface area contributed by atoms with Gasteiger partial charge in [-0.1, -0.05) is 97.1 Å². The zero-order chi connectivity index (χ0) is 24.3. The van der Waals surface area contributed by atoms with E-state index in [1.54, 1.807) is 0 Å². The molecule has 1 aliphatic carbocycles. The highest BCUT2D eigenvalue weighted by atomic mass is 15.3. The van der Waals surface area contributed by atoms with Crippen LogP contribution in [0, 0.1) is 0 Å². The van der Waals surface area contributed by atoms with Crippen LogP contribution in [0.4, 0.5) is 34.1 Å². The van der Waals surface area contributed by atoms with Crippen LogP contribution < -0.4 is 9.80 Å². The van der Waals surface area contributed by atoms with Crippen LogP contribution in [-0.2, 0) is 6.42 Å². The highest BCUT2D eigenvalue weighted by Gasteiger charge is 2.34. The molecule has 1 heterocycles. The van der Waals surface area contributed by atoms with E-state index in [2.05, 4.69) is 143 Å². The van der Waals surface area contributed by atoms with E-state index in [1.807, 2.05) is 0 Å². The molecular formula is C35H24N2. The van der Waals surface area contributed by atoms with E-state index in [0.29, 0.717) is 0 Å². The average Bonchev–Trinajstić information content (AvgIpc) is 2.96. The fourth-order valence-electron chi connectivity index (χ4n) is 6.21. The molecule has 0 amide bonds. The first-order chi connectivity index (χ1) is 18.4. The molecule has 8 rings (SSSR count). The normalized spacial score (nSPS) is 13.6. The Labute approximate surface area is 216 Å². The standard InChI is InChI=1S/C35H24N2/c1-2-16-27(17-3-1)36-31-20-6-7-21-32(31)37(30-22-10-12-24-11-4-5-18-28(24)30)33-23-26-15-8-13-25-14-9-19-29(34(25)26)35(33)36/h1-18,20-23H,19H2. The zero-order valence-electron chi connectivity index (χ0n) is 20.3. The van der Waals surface area contributed by atoms with E-state index >= 15 is 0 Å². The van der Waals surface area contributed by atoms with Gasteiger partial charge in [-0.3, -0.25) is 0 Å². The average molecular weight is 473 g/mol. The second-order valence-corrected chi connectivity index (χ2v) is 9.77. The summed E-state index contributed by atoms with van der Waals surface area (Å²) >= 11 is 0. The van der Waals surface area contributed by atoms with Crippen LogP contribution in [-0.4, -0.2) is 0 Å². The number of benzene rings is 6. The van der Waals surface area contributed by atoms with Crippen LogP contribution in [0.5, 0.6) is 0 Å². The molecule has 0 saturated heterocycles. The number of allylic oxidation sites excluding steroid dienone is 1. The fraction of sp³-hybridized carbons (Fsp3) is 0.0286. The van der Waals surface area contributed by atoms with E-state index < -0.39 is 0 Å². The van der Waals surface area contributed by atoms with Gasteiger partial charge in [0.05, 0.1) is 28.4 Å². The largest absolute Gasteiger partial charge is 0.306 e. The van der Waals surface area contributed by atoms with Gasteiger partial charge in [-0.2, -0.15) is 0 Å². The van der Waals surface area contributed by atoms with Crippen molar-refractivity contribution in [2.45, 2.75) is 6.42 Å². The summed E-state index contributed by atoms with van der Waals surface area (Å²) in [5.41, 5.74) is 9.92. The molecule has 6 aromatic carbocycles. The highest BCUT2D eigenvalue weighted by molar-refractivity contribution is 6.12. The van der Waals surface area contributed by atoms with Crippen LogP contribution in [0.1, 0.15) is 11.1 Å². The fourth-order valence-corrected chi connectivity index (χ4v) is 6.21. The molecule has 0 bridgehead atoms. The number of nitrogens with zero attached hydrogens (tertiary/aromatic N) is 2. The quantitative estimate of drug-likeness (QED) is 0.247. The number of anilines is 6. The molecule has 0 saturated carbocycles. The van der Waals surface area contributed by atoms with Gasteiger partial charge in [0, 0.05) is 11.1 Å². The molecule has 0 spiro atoms.